The van der Waals surface area contributed by atoms with Crippen molar-refractivity contribution in [2.75, 3.05) is 6.54 Å². The Morgan fingerprint density at radius 3 is 2.45 bits per heavy atom. The average Bonchev–Trinajstić information content (AvgIpc) is 2.78. The number of hydrazone groups is 1. The maximum absolute atomic E-state index is 12.9. The van der Waals surface area contributed by atoms with E-state index in [0.29, 0.717) is 22.9 Å². The van der Waals surface area contributed by atoms with Crippen LogP contribution in [0.4, 0.5) is 4.39 Å². The van der Waals surface area contributed by atoms with E-state index in [1.54, 1.807) is 24.3 Å². The van der Waals surface area contributed by atoms with Gasteiger partial charge in [-0.15, -0.1) is 0 Å². The molecule has 0 unspecified atom stereocenters. The number of benzene rings is 3. The summed E-state index contributed by atoms with van der Waals surface area (Å²) >= 11 is 5.88. The molecule has 2 N–H and O–H groups in total. The third-order valence-electron chi connectivity index (χ3n) is 4.14. The number of halogens is 2. The van der Waals surface area contributed by atoms with Crippen molar-refractivity contribution in [1.82, 2.24) is 10.7 Å². The van der Waals surface area contributed by atoms with Gasteiger partial charge in [-0.3, -0.25) is 9.59 Å². The largest absolute Gasteiger partial charge is 0.488 e. The molecule has 8 heteroatoms. The summed E-state index contributed by atoms with van der Waals surface area (Å²) in [6.07, 6.45) is 1.46. The number of nitrogens with one attached hydrogen (secondary N) is 2. The molecule has 31 heavy (non-hydrogen) atoms. The van der Waals surface area contributed by atoms with Crippen molar-refractivity contribution in [2.24, 2.45) is 5.10 Å². The Bertz CT molecular complexity index is 1070. The first-order valence-electron chi connectivity index (χ1n) is 9.33. The summed E-state index contributed by atoms with van der Waals surface area (Å²) in [5, 5.41) is 7.00. The van der Waals surface area contributed by atoms with Gasteiger partial charge in [0.2, 0.25) is 0 Å². The average molecular weight is 440 g/mol. The zero-order chi connectivity index (χ0) is 22.1. The highest BCUT2D eigenvalue weighted by Gasteiger charge is 2.08. The number of rotatable bonds is 8. The quantitative estimate of drug-likeness (QED) is 0.412. The van der Waals surface area contributed by atoms with Gasteiger partial charge in [0, 0.05) is 16.1 Å². The van der Waals surface area contributed by atoms with Crippen molar-refractivity contribution in [3.8, 4) is 5.75 Å². The predicted molar refractivity (Wildman–Crippen MR) is 117 cm³/mol. The first-order chi connectivity index (χ1) is 15.0. The molecule has 6 nitrogen and oxygen atoms in total. The van der Waals surface area contributed by atoms with E-state index < -0.39 is 17.6 Å². The zero-order valence-electron chi connectivity index (χ0n) is 16.3. The maximum Gasteiger partial charge on any atom is 0.259 e. The molecule has 0 aliphatic carbocycles. The highest BCUT2D eigenvalue weighted by atomic mass is 35.5. The van der Waals surface area contributed by atoms with E-state index in [9.17, 15) is 14.0 Å². The van der Waals surface area contributed by atoms with Crippen LogP contribution in [0, 0.1) is 5.82 Å². The Morgan fingerprint density at radius 1 is 1.00 bits per heavy atom. The monoisotopic (exact) mass is 439 g/mol. The molecule has 0 spiro atoms. The summed E-state index contributed by atoms with van der Waals surface area (Å²) in [6, 6.07) is 19.6. The van der Waals surface area contributed by atoms with Gasteiger partial charge in [-0.25, -0.2) is 9.82 Å². The van der Waals surface area contributed by atoms with Crippen LogP contribution in [-0.2, 0) is 11.4 Å². The molecule has 0 aliphatic rings. The predicted octanol–water partition coefficient (Wildman–Crippen LogP) is 3.94. The van der Waals surface area contributed by atoms with Gasteiger partial charge in [0.1, 0.15) is 18.2 Å². The normalized spacial score (nSPS) is 10.6. The summed E-state index contributed by atoms with van der Waals surface area (Å²) in [5.74, 6) is -0.840. The van der Waals surface area contributed by atoms with Gasteiger partial charge in [0.15, 0.2) is 0 Å². The molecule has 0 bridgehead atoms. The second-order valence-electron chi connectivity index (χ2n) is 6.44. The molecule has 0 saturated heterocycles. The summed E-state index contributed by atoms with van der Waals surface area (Å²) < 4.78 is 18.7. The maximum atomic E-state index is 12.9. The van der Waals surface area contributed by atoms with Crippen LogP contribution >= 0.6 is 11.6 Å². The van der Waals surface area contributed by atoms with Crippen LogP contribution in [0.5, 0.6) is 5.75 Å². The number of nitrogens with zero attached hydrogens (tertiary/aromatic N) is 1. The van der Waals surface area contributed by atoms with Gasteiger partial charge >= 0.3 is 0 Å². The van der Waals surface area contributed by atoms with E-state index in [-0.39, 0.29) is 12.1 Å². The lowest BCUT2D eigenvalue weighted by Gasteiger charge is -2.09. The molecular weight excluding hydrogens is 421 g/mol. The Balaban J connectivity index is 1.49. The number of carbonyl (C=O) groups is 2. The molecule has 0 heterocycles. The van der Waals surface area contributed by atoms with E-state index in [1.807, 2.05) is 24.3 Å². The van der Waals surface area contributed by atoms with Gasteiger partial charge < -0.3 is 10.1 Å². The number of ether oxygens (including phenoxy) is 1. The van der Waals surface area contributed by atoms with Gasteiger partial charge in [-0.1, -0.05) is 35.9 Å². The molecule has 3 aromatic carbocycles. The number of carbonyl (C=O) groups excluding carboxylic acids is 2. The number of para-hydroxylation sites is 1. The second-order valence-corrected chi connectivity index (χ2v) is 6.87. The lowest BCUT2D eigenvalue weighted by atomic mass is 10.2. The second kappa shape index (κ2) is 10.9. The third kappa shape index (κ3) is 6.94. The van der Waals surface area contributed by atoms with E-state index in [0.717, 1.165) is 5.56 Å². The molecule has 0 radical (unpaired) electrons. The summed E-state index contributed by atoms with van der Waals surface area (Å²) in [6.45, 7) is 0.0755. The van der Waals surface area contributed by atoms with Crippen molar-refractivity contribution in [2.45, 2.75) is 6.61 Å². The third-order valence-corrected chi connectivity index (χ3v) is 4.39. The Labute approximate surface area is 183 Å². The van der Waals surface area contributed by atoms with Crippen molar-refractivity contribution in [1.29, 1.82) is 0 Å². The standard InChI is InChI=1S/C23H19ClFN3O3/c24-19-9-5-16(6-10-19)15-31-21-4-2-1-3-18(21)13-27-28-22(29)14-26-23(30)17-7-11-20(25)12-8-17/h1-13H,14-15H2,(H,26,30)(H,28,29)/b27-13-. The zero-order valence-corrected chi connectivity index (χ0v) is 17.1. The molecule has 0 aliphatic heterocycles. The van der Waals surface area contributed by atoms with Crippen molar-refractivity contribution >= 4 is 29.6 Å². The summed E-state index contributed by atoms with van der Waals surface area (Å²) in [7, 11) is 0. The topological polar surface area (TPSA) is 79.8 Å². The molecule has 158 valence electrons. The minimum absolute atomic E-state index is 0.254. The molecule has 0 fully saturated rings. The number of hydrogen-bond donors (Lipinski definition) is 2. The fourth-order valence-electron chi connectivity index (χ4n) is 2.54. The highest BCUT2D eigenvalue weighted by Crippen LogP contribution is 2.18. The molecule has 3 rings (SSSR count). The van der Waals surface area contributed by atoms with E-state index >= 15 is 0 Å². The van der Waals surface area contributed by atoms with Gasteiger partial charge in [0.25, 0.3) is 11.8 Å². The van der Waals surface area contributed by atoms with Crippen LogP contribution < -0.4 is 15.5 Å². The van der Waals surface area contributed by atoms with Crippen LogP contribution in [0.15, 0.2) is 77.9 Å². The molecule has 2 amide bonds. The molecule has 0 saturated carbocycles. The van der Waals surface area contributed by atoms with Crippen LogP contribution in [0.2, 0.25) is 5.02 Å². The summed E-state index contributed by atoms with van der Waals surface area (Å²) in [5.41, 5.74) is 4.23. The van der Waals surface area contributed by atoms with Crippen LogP contribution in [0.1, 0.15) is 21.5 Å². The molecule has 0 atom stereocenters. The van der Waals surface area contributed by atoms with Crippen molar-refractivity contribution < 1.29 is 18.7 Å². The van der Waals surface area contributed by atoms with Gasteiger partial charge in [-0.2, -0.15) is 5.10 Å². The minimum atomic E-state index is -0.508. The van der Waals surface area contributed by atoms with Gasteiger partial charge in [-0.05, 0) is 54.1 Å². The summed E-state index contributed by atoms with van der Waals surface area (Å²) in [4.78, 5) is 23.8. The molecule has 0 aromatic heterocycles. The molecular formula is C23H19ClFN3O3. The molecule has 3 aromatic rings. The Morgan fingerprint density at radius 2 is 1.71 bits per heavy atom. The van der Waals surface area contributed by atoms with E-state index in [4.69, 9.17) is 16.3 Å². The minimum Gasteiger partial charge on any atom is -0.488 e. The Kier molecular flexibility index (Phi) is 7.73. The fourth-order valence-corrected chi connectivity index (χ4v) is 2.66. The van der Waals surface area contributed by atoms with E-state index in [1.165, 1.54) is 30.5 Å². The van der Waals surface area contributed by atoms with Crippen molar-refractivity contribution in [3.63, 3.8) is 0 Å². The lowest BCUT2D eigenvalue weighted by Crippen LogP contribution is -2.34. The van der Waals surface area contributed by atoms with Crippen molar-refractivity contribution in [3.05, 3.63) is 100 Å². The van der Waals surface area contributed by atoms with Gasteiger partial charge in [0.05, 0.1) is 12.8 Å². The highest BCUT2D eigenvalue weighted by molar-refractivity contribution is 6.30. The van der Waals surface area contributed by atoms with Crippen LogP contribution in [0.25, 0.3) is 0 Å². The number of hydrogen-bond acceptors (Lipinski definition) is 4. The number of amides is 2. The first kappa shape index (κ1) is 22.0. The Hall–Kier alpha value is -3.71. The fraction of sp³-hybridized carbons (Fsp3) is 0.0870. The first-order valence-corrected chi connectivity index (χ1v) is 9.71. The van der Waals surface area contributed by atoms with Crippen LogP contribution in [0.3, 0.4) is 0 Å². The lowest BCUT2D eigenvalue weighted by molar-refractivity contribution is -0.120. The van der Waals surface area contributed by atoms with E-state index in [2.05, 4.69) is 15.8 Å². The van der Waals surface area contributed by atoms with Crippen LogP contribution in [-0.4, -0.2) is 24.6 Å². The smallest absolute Gasteiger partial charge is 0.259 e. The SMILES string of the molecule is O=C(CNC(=O)c1ccc(F)cc1)N/N=C\c1ccccc1OCc1ccc(Cl)cc1.